The molecule has 1 rings (SSSR count). The number of carbonyl (C=O) groups is 1. The Kier molecular flexibility index (Phi) is 5.33. The van der Waals surface area contributed by atoms with E-state index in [0.717, 1.165) is 25.3 Å². The summed E-state index contributed by atoms with van der Waals surface area (Å²) >= 11 is 1.76. The number of carbonyl (C=O) groups excluding carboxylic acids is 1. The van der Waals surface area contributed by atoms with Crippen LogP contribution in [0.5, 0.6) is 0 Å². The van der Waals surface area contributed by atoms with Gasteiger partial charge in [-0.1, -0.05) is 6.92 Å². The molecular formula is C10H20N2OS. The topological polar surface area (TPSA) is 41.1 Å². The van der Waals surface area contributed by atoms with Crippen LogP contribution in [0.25, 0.3) is 0 Å². The Morgan fingerprint density at radius 2 is 2.43 bits per heavy atom. The van der Waals surface area contributed by atoms with E-state index in [1.807, 2.05) is 6.26 Å². The molecule has 0 aromatic heterocycles. The van der Waals surface area contributed by atoms with Gasteiger partial charge in [0.2, 0.25) is 5.91 Å². The lowest BCUT2D eigenvalue weighted by molar-refractivity contribution is -0.124. The fourth-order valence-electron chi connectivity index (χ4n) is 1.79. The van der Waals surface area contributed by atoms with E-state index in [2.05, 4.69) is 17.6 Å². The standard InChI is InChI=1S/C10H20N2OS/c1-8-4-3-5-11-9(8)10(13)12-6-7-14-2/h8-9,11H,3-7H2,1-2H3,(H,12,13). The van der Waals surface area contributed by atoms with Crippen molar-refractivity contribution in [2.75, 3.05) is 25.1 Å². The van der Waals surface area contributed by atoms with Gasteiger partial charge in [0.05, 0.1) is 6.04 Å². The van der Waals surface area contributed by atoms with Gasteiger partial charge in [-0.15, -0.1) is 0 Å². The van der Waals surface area contributed by atoms with Crippen LogP contribution in [-0.4, -0.2) is 37.0 Å². The molecule has 3 nitrogen and oxygen atoms in total. The first-order chi connectivity index (χ1) is 6.75. The van der Waals surface area contributed by atoms with E-state index < -0.39 is 0 Å². The summed E-state index contributed by atoms with van der Waals surface area (Å²) < 4.78 is 0. The van der Waals surface area contributed by atoms with Gasteiger partial charge in [-0.25, -0.2) is 0 Å². The molecule has 14 heavy (non-hydrogen) atoms. The normalized spacial score (nSPS) is 27.3. The molecule has 2 unspecified atom stereocenters. The van der Waals surface area contributed by atoms with E-state index in [4.69, 9.17) is 0 Å². The van der Waals surface area contributed by atoms with Crippen molar-refractivity contribution in [1.29, 1.82) is 0 Å². The SMILES string of the molecule is CSCCNC(=O)C1NCCCC1C. The van der Waals surface area contributed by atoms with Crippen LogP contribution < -0.4 is 10.6 Å². The molecule has 0 aromatic rings. The maximum absolute atomic E-state index is 11.7. The van der Waals surface area contributed by atoms with Crippen molar-refractivity contribution in [2.24, 2.45) is 5.92 Å². The van der Waals surface area contributed by atoms with Gasteiger partial charge in [-0.3, -0.25) is 4.79 Å². The summed E-state index contributed by atoms with van der Waals surface area (Å²) in [6, 6.07) is 0.0330. The maximum atomic E-state index is 11.7. The summed E-state index contributed by atoms with van der Waals surface area (Å²) in [5.74, 6) is 1.64. The van der Waals surface area contributed by atoms with Gasteiger partial charge >= 0.3 is 0 Å². The number of nitrogens with one attached hydrogen (secondary N) is 2. The molecule has 82 valence electrons. The van der Waals surface area contributed by atoms with Gasteiger partial charge in [-0.2, -0.15) is 11.8 Å². The zero-order valence-electron chi connectivity index (χ0n) is 9.01. The van der Waals surface area contributed by atoms with Crippen LogP contribution in [0.3, 0.4) is 0 Å². The third-order valence-electron chi connectivity index (χ3n) is 2.66. The molecule has 2 atom stereocenters. The first-order valence-electron chi connectivity index (χ1n) is 5.25. The maximum Gasteiger partial charge on any atom is 0.237 e. The van der Waals surface area contributed by atoms with Crippen molar-refractivity contribution < 1.29 is 4.79 Å². The predicted molar refractivity (Wildman–Crippen MR) is 61.6 cm³/mol. The van der Waals surface area contributed by atoms with E-state index in [9.17, 15) is 4.79 Å². The minimum atomic E-state index is 0.0330. The van der Waals surface area contributed by atoms with Gasteiger partial charge < -0.3 is 10.6 Å². The predicted octanol–water partition coefficient (Wildman–Crippen LogP) is 0.854. The lowest BCUT2D eigenvalue weighted by Crippen LogP contribution is -2.51. The molecule has 0 aromatic carbocycles. The third-order valence-corrected chi connectivity index (χ3v) is 3.27. The van der Waals surface area contributed by atoms with Crippen molar-refractivity contribution in [3.63, 3.8) is 0 Å². The summed E-state index contributed by atoms with van der Waals surface area (Å²) in [6.45, 7) is 3.90. The van der Waals surface area contributed by atoms with E-state index in [0.29, 0.717) is 5.92 Å². The average molecular weight is 216 g/mol. The van der Waals surface area contributed by atoms with Gasteiger partial charge in [0, 0.05) is 12.3 Å². The number of rotatable bonds is 4. The number of thioether (sulfide) groups is 1. The number of hydrogen-bond acceptors (Lipinski definition) is 3. The number of amides is 1. The van der Waals surface area contributed by atoms with E-state index >= 15 is 0 Å². The highest BCUT2D eigenvalue weighted by molar-refractivity contribution is 7.98. The van der Waals surface area contributed by atoms with Crippen molar-refractivity contribution in [3.8, 4) is 0 Å². The van der Waals surface area contributed by atoms with Crippen LogP contribution in [0.4, 0.5) is 0 Å². The first-order valence-corrected chi connectivity index (χ1v) is 6.65. The molecule has 0 bridgehead atoms. The van der Waals surface area contributed by atoms with E-state index in [1.54, 1.807) is 11.8 Å². The van der Waals surface area contributed by atoms with Crippen molar-refractivity contribution in [1.82, 2.24) is 10.6 Å². The minimum absolute atomic E-state index is 0.0330. The summed E-state index contributed by atoms with van der Waals surface area (Å²) in [5, 5.41) is 6.24. The fourth-order valence-corrected chi connectivity index (χ4v) is 2.09. The molecule has 2 N–H and O–H groups in total. The highest BCUT2D eigenvalue weighted by atomic mass is 32.2. The summed E-state index contributed by atoms with van der Waals surface area (Å²) in [5.41, 5.74) is 0. The Morgan fingerprint density at radius 1 is 1.64 bits per heavy atom. The Morgan fingerprint density at radius 3 is 3.07 bits per heavy atom. The number of piperidine rings is 1. The van der Waals surface area contributed by atoms with Gasteiger partial charge in [0.25, 0.3) is 0 Å². The smallest absolute Gasteiger partial charge is 0.237 e. The van der Waals surface area contributed by atoms with Crippen LogP contribution in [0.15, 0.2) is 0 Å². The molecule has 1 fully saturated rings. The molecule has 1 amide bonds. The molecule has 0 spiro atoms. The highest BCUT2D eigenvalue weighted by Gasteiger charge is 2.26. The Hall–Kier alpha value is -0.220. The van der Waals surface area contributed by atoms with Gasteiger partial charge in [0.15, 0.2) is 0 Å². The quantitative estimate of drug-likeness (QED) is 0.685. The molecule has 1 heterocycles. The van der Waals surface area contributed by atoms with Gasteiger partial charge in [0.1, 0.15) is 0 Å². The molecule has 4 heteroatoms. The van der Waals surface area contributed by atoms with Crippen molar-refractivity contribution in [2.45, 2.75) is 25.8 Å². The molecule has 1 aliphatic rings. The lowest BCUT2D eigenvalue weighted by atomic mass is 9.92. The molecule has 1 aliphatic heterocycles. The second-order valence-electron chi connectivity index (χ2n) is 3.84. The third kappa shape index (κ3) is 3.50. The fraction of sp³-hybridized carbons (Fsp3) is 0.900. The molecule has 1 saturated heterocycles. The van der Waals surface area contributed by atoms with Crippen LogP contribution in [0, 0.1) is 5.92 Å². The van der Waals surface area contributed by atoms with Crippen LogP contribution >= 0.6 is 11.8 Å². The zero-order valence-corrected chi connectivity index (χ0v) is 9.82. The lowest BCUT2D eigenvalue weighted by Gasteiger charge is -2.28. The van der Waals surface area contributed by atoms with Crippen molar-refractivity contribution in [3.05, 3.63) is 0 Å². The van der Waals surface area contributed by atoms with E-state index in [-0.39, 0.29) is 11.9 Å². The first kappa shape index (κ1) is 11.9. The molecule has 0 radical (unpaired) electrons. The summed E-state index contributed by atoms with van der Waals surface area (Å²) in [7, 11) is 0. The molecular weight excluding hydrogens is 196 g/mol. The second kappa shape index (κ2) is 6.30. The van der Waals surface area contributed by atoms with Crippen LogP contribution in [0.1, 0.15) is 19.8 Å². The monoisotopic (exact) mass is 216 g/mol. The largest absolute Gasteiger partial charge is 0.354 e. The summed E-state index contributed by atoms with van der Waals surface area (Å²) in [4.78, 5) is 11.7. The summed E-state index contributed by atoms with van der Waals surface area (Å²) in [6.07, 6.45) is 4.40. The van der Waals surface area contributed by atoms with Gasteiger partial charge in [-0.05, 0) is 31.6 Å². The average Bonchev–Trinajstić information content (AvgIpc) is 2.18. The molecule has 0 saturated carbocycles. The molecule has 0 aliphatic carbocycles. The second-order valence-corrected chi connectivity index (χ2v) is 4.82. The van der Waals surface area contributed by atoms with Crippen LogP contribution in [-0.2, 0) is 4.79 Å². The minimum Gasteiger partial charge on any atom is -0.354 e. The van der Waals surface area contributed by atoms with Crippen LogP contribution in [0.2, 0.25) is 0 Å². The highest BCUT2D eigenvalue weighted by Crippen LogP contribution is 2.15. The Labute approximate surface area is 90.4 Å². The Bertz CT molecular complexity index is 187. The zero-order chi connectivity index (χ0) is 10.4. The van der Waals surface area contributed by atoms with Crippen molar-refractivity contribution >= 4 is 17.7 Å². The Balaban J connectivity index is 2.27. The van der Waals surface area contributed by atoms with E-state index in [1.165, 1.54) is 6.42 Å². The number of hydrogen-bond donors (Lipinski definition) is 2.